The quantitative estimate of drug-likeness (QED) is 0.802. The summed E-state index contributed by atoms with van der Waals surface area (Å²) in [5, 5.41) is 9.65. The fourth-order valence-corrected chi connectivity index (χ4v) is 2.23. The predicted molar refractivity (Wildman–Crippen MR) is 80.6 cm³/mol. The van der Waals surface area contributed by atoms with Crippen LogP contribution in [0.3, 0.4) is 0 Å². The summed E-state index contributed by atoms with van der Waals surface area (Å²) >= 11 is 0. The minimum atomic E-state index is 0.0415. The fraction of sp³-hybridized carbons (Fsp3) is 0.250. The molecule has 2 aromatic heterocycles. The summed E-state index contributed by atoms with van der Waals surface area (Å²) in [6.07, 6.45) is 5.38. The van der Waals surface area contributed by atoms with Gasteiger partial charge in [0.1, 0.15) is 5.75 Å². The first-order valence-corrected chi connectivity index (χ1v) is 6.85. The number of aromatic hydroxyl groups is 1. The minimum absolute atomic E-state index is 0.0415. The van der Waals surface area contributed by atoms with E-state index in [1.165, 1.54) is 0 Å². The Kier molecular flexibility index (Phi) is 3.25. The first-order chi connectivity index (χ1) is 10.1. The third-order valence-electron chi connectivity index (χ3n) is 3.24. The number of phenolic OH excluding ortho intramolecular Hbond substituents is 1. The predicted octanol–water partition coefficient (Wildman–Crippen LogP) is 3.20. The largest absolute Gasteiger partial charge is 0.508 e. The maximum atomic E-state index is 9.65. The molecule has 3 aromatic rings. The van der Waals surface area contributed by atoms with Gasteiger partial charge >= 0.3 is 0 Å². The molecule has 0 saturated heterocycles. The molecule has 0 bridgehead atoms. The van der Waals surface area contributed by atoms with Crippen molar-refractivity contribution in [3.63, 3.8) is 0 Å². The first kappa shape index (κ1) is 13.4. The molecule has 0 spiro atoms. The molecule has 2 heterocycles. The number of benzene rings is 1. The third-order valence-corrected chi connectivity index (χ3v) is 3.24. The standard InChI is InChI=1S/C16H17N3O2/c1-10(2)21-16-15-18-9-13(19(15)7-6-17-16)12-4-5-14(20)11(3)8-12/h4-10,20H,1-3H3. The van der Waals surface area contributed by atoms with E-state index >= 15 is 0 Å². The van der Waals surface area contributed by atoms with Crippen LogP contribution in [0.25, 0.3) is 16.9 Å². The van der Waals surface area contributed by atoms with Gasteiger partial charge in [-0.3, -0.25) is 4.40 Å². The van der Waals surface area contributed by atoms with Crippen LogP contribution < -0.4 is 4.74 Å². The number of phenols is 1. The van der Waals surface area contributed by atoms with Crippen molar-refractivity contribution in [2.75, 3.05) is 0 Å². The monoisotopic (exact) mass is 283 g/mol. The molecule has 0 saturated carbocycles. The van der Waals surface area contributed by atoms with Crippen LogP contribution in [0.5, 0.6) is 11.6 Å². The summed E-state index contributed by atoms with van der Waals surface area (Å²) < 4.78 is 7.63. The number of nitrogens with zero attached hydrogens (tertiary/aromatic N) is 3. The lowest BCUT2D eigenvalue weighted by molar-refractivity contribution is 0.234. The summed E-state index contributed by atoms with van der Waals surface area (Å²) in [5.74, 6) is 0.812. The van der Waals surface area contributed by atoms with Crippen LogP contribution in [-0.2, 0) is 0 Å². The van der Waals surface area contributed by atoms with E-state index in [0.717, 1.165) is 16.8 Å². The van der Waals surface area contributed by atoms with Crippen molar-refractivity contribution >= 4 is 5.65 Å². The molecule has 0 aliphatic carbocycles. The summed E-state index contributed by atoms with van der Waals surface area (Å²) in [6, 6.07) is 5.49. The Hall–Kier alpha value is -2.56. The van der Waals surface area contributed by atoms with E-state index < -0.39 is 0 Å². The van der Waals surface area contributed by atoms with E-state index in [-0.39, 0.29) is 11.9 Å². The average Bonchev–Trinajstić information content (AvgIpc) is 2.86. The Morgan fingerprint density at radius 1 is 1.24 bits per heavy atom. The lowest BCUT2D eigenvalue weighted by Crippen LogP contribution is -2.08. The molecule has 0 aliphatic rings. The van der Waals surface area contributed by atoms with Crippen molar-refractivity contribution in [2.24, 2.45) is 0 Å². The Bertz CT molecular complexity index is 793. The van der Waals surface area contributed by atoms with Crippen LogP contribution in [0.4, 0.5) is 0 Å². The molecule has 0 amide bonds. The molecule has 1 aromatic carbocycles. The Morgan fingerprint density at radius 3 is 2.76 bits per heavy atom. The van der Waals surface area contributed by atoms with E-state index in [9.17, 15) is 5.11 Å². The van der Waals surface area contributed by atoms with E-state index in [4.69, 9.17) is 4.74 Å². The molecule has 5 nitrogen and oxygen atoms in total. The second kappa shape index (κ2) is 5.09. The lowest BCUT2D eigenvalue weighted by atomic mass is 10.1. The Morgan fingerprint density at radius 2 is 2.05 bits per heavy atom. The number of ether oxygens (including phenoxy) is 1. The zero-order valence-electron chi connectivity index (χ0n) is 12.2. The highest BCUT2D eigenvalue weighted by Crippen LogP contribution is 2.28. The lowest BCUT2D eigenvalue weighted by Gasteiger charge is -2.10. The number of imidazole rings is 1. The molecule has 3 rings (SSSR count). The zero-order chi connectivity index (χ0) is 15.0. The Balaban J connectivity index is 2.14. The van der Waals surface area contributed by atoms with Crippen molar-refractivity contribution < 1.29 is 9.84 Å². The molecular formula is C16H17N3O2. The molecule has 0 aliphatic heterocycles. The molecule has 0 atom stereocenters. The number of aromatic nitrogens is 3. The Labute approximate surface area is 122 Å². The second-order valence-corrected chi connectivity index (χ2v) is 5.24. The highest BCUT2D eigenvalue weighted by Gasteiger charge is 2.12. The molecule has 108 valence electrons. The van der Waals surface area contributed by atoms with Crippen LogP contribution in [0.1, 0.15) is 19.4 Å². The summed E-state index contributed by atoms with van der Waals surface area (Å²) in [5.41, 5.74) is 3.44. The smallest absolute Gasteiger partial charge is 0.258 e. The summed E-state index contributed by atoms with van der Waals surface area (Å²) in [4.78, 5) is 8.65. The number of aryl methyl sites for hydroxylation is 1. The molecular weight excluding hydrogens is 266 g/mol. The van der Waals surface area contributed by atoms with E-state index in [1.54, 1.807) is 18.5 Å². The first-order valence-electron chi connectivity index (χ1n) is 6.85. The van der Waals surface area contributed by atoms with Crippen LogP contribution in [0, 0.1) is 6.92 Å². The highest BCUT2D eigenvalue weighted by atomic mass is 16.5. The summed E-state index contributed by atoms with van der Waals surface area (Å²) in [7, 11) is 0. The van der Waals surface area contributed by atoms with Gasteiger partial charge < -0.3 is 9.84 Å². The number of rotatable bonds is 3. The van der Waals surface area contributed by atoms with E-state index in [1.807, 2.05) is 43.5 Å². The minimum Gasteiger partial charge on any atom is -0.508 e. The van der Waals surface area contributed by atoms with Gasteiger partial charge in [-0.25, -0.2) is 9.97 Å². The van der Waals surface area contributed by atoms with Gasteiger partial charge in [-0.1, -0.05) is 0 Å². The maximum absolute atomic E-state index is 9.65. The van der Waals surface area contributed by atoms with Gasteiger partial charge in [0.15, 0.2) is 0 Å². The number of fused-ring (bicyclic) bond motifs is 1. The van der Waals surface area contributed by atoms with Crippen molar-refractivity contribution in [3.8, 4) is 22.9 Å². The SMILES string of the molecule is Cc1cc(-c2cnc3c(OC(C)C)nccn23)ccc1O. The topological polar surface area (TPSA) is 59.7 Å². The van der Waals surface area contributed by atoms with Crippen molar-refractivity contribution in [1.82, 2.24) is 14.4 Å². The molecule has 0 unspecified atom stereocenters. The maximum Gasteiger partial charge on any atom is 0.258 e. The van der Waals surface area contributed by atoms with Crippen molar-refractivity contribution in [1.29, 1.82) is 0 Å². The van der Waals surface area contributed by atoms with Gasteiger partial charge in [0.05, 0.1) is 18.0 Å². The molecule has 0 fully saturated rings. The van der Waals surface area contributed by atoms with Crippen molar-refractivity contribution in [3.05, 3.63) is 42.4 Å². The molecule has 1 N–H and O–H groups in total. The van der Waals surface area contributed by atoms with Crippen molar-refractivity contribution in [2.45, 2.75) is 26.9 Å². The fourth-order valence-electron chi connectivity index (χ4n) is 2.23. The van der Waals surface area contributed by atoms with Crippen LogP contribution >= 0.6 is 0 Å². The molecule has 0 radical (unpaired) electrons. The van der Waals surface area contributed by atoms with Gasteiger partial charge in [0.25, 0.3) is 5.88 Å². The van der Waals surface area contributed by atoms with Gasteiger partial charge in [-0.15, -0.1) is 0 Å². The van der Waals surface area contributed by atoms with Crippen LogP contribution in [0.2, 0.25) is 0 Å². The number of hydrogen-bond acceptors (Lipinski definition) is 4. The van der Waals surface area contributed by atoms with Gasteiger partial charge in [-0.2, -0.15) is 0 Å². The third kappa shape index (κ3) is 2.42. The average molecular weight is 283 g/mol. The normalized spacial score (nSPS) is 11.2. The van der Waals surface area contributed by atoms with Gasteiger partial charge in [-0.05, 0) is 44.5 Å². The molecule has 5 heteroatoms. The number of hydrogen-bond donors (Lipinski definition) is 1. The molecule has 21 heavy (non-hydrogen) atoms. The van der Waals surface area contributed by atoms with E-state index in [0.29, 0.717) is 11.5 Å². The van der Waals surface area contributed by atoms with E-state index in [2.05, 4.69) is 9.97 Å². The van der Waals surface area contributed by atoms with Gasteiger partial charge in [0, 0.05) is 18.0 Å². The van der Waals surface area contributed by atoms with Crippen LogP contribution in [-0.4, -0.2) is 25.6 Å². The zero-order valence-corrected chi connectivity index (χ0v) is 12.2. The summed E-state index contributed by atoms with van der Waals surface area (Å²) in [6.45, 7) is 5.79. The van der Waals surface area contributed by atoms with Crippen LogP contribution in [0.15, 0.2) is 36.8 Å². The second-order valence-electron chi connectivity index (χ2n) is 5.24. The highest BCUT2D eigenvalue weighted by molar-refractivity contribution is 5.67. The van der Waals surface area contributed by atoms with Gasteiger partial charge in [0.2, 0.25) is 5.65 Å².